The lowest BCUT2D eigenvalue weighted by atomic mass is 10.2. The summed E-state index contributed by atoms with van der Waals surface area (Å²) in [5.74, 6) is 1.81. The average Bonchev–Trinajstić information content (AvgIpc) is 2.40. The Morgan fingerprint density at radius 1 is 1.10 bits per heavy atom. The van der Waals surface area contributed by atoms with Crippen LogP contribution in [-0.4, -0.2) is 12.9 Å². The fraction of sp³-hybridized carbons (Fsp3) is 0.0714. The lowest BCUT2D eigenvalue weighted by molar-refractivity contribution is 0.412. The Morgan fingerprint density at radius 3 is 2.45 bits per heavy atom. The molecule has 20 heavy (non-hydrogen) atoms. The van der Waals surface area contributed by atoms with Crippen molar-refractivity contribution in [1.29, 1.82) is 5.41 Å². The summed E-state index contributed by atoms with van der Waals surface area (Å²) in [7, 11) is 1.60. The summed E-state index contributed by atoms with van der Waals surface area (Å²) in [6.07, 6.45) is 0. The van der Waals surface area contributed by atoms with E-state index in [-0.39, 0.29) is 5.84 Å². The quantitative estimate of drug-likeness (QED) is 0.594. The molecule has 0 aliphatic carbocycles. The first-order valence-electron chi connectivity index (χ1n) is 5.66. The summed E-state index contributed by atoms with van der Waals surface area (Å²) < 4.78 is 12.6. The highest BCUT2D eigenvalue weighted by Gasteiger charge is 2.11. The highest BCUT2D eigenvalue weighted by molar-refractivity contribution is 9.10. The van der Waals surface area contributed by atoms with Crippen molar-refractivity contribution >= 4 is 37.7 Å². The van der Waals surface area contributed by atoms with Gasteiger partial charge in [0.25, 0.3) is 0 Å². The minimum absolute atomic E-state index is 0.0443. The summed E-state index contributed by atoms with van der Waals surface area (Å²) in [6.45, 7) is 0. The first-order chi connectivity index (χ1) is 9.51. The predicted molar refractivity (Wildman–Crippen MR) is 85.9 cm³/mol. The van der Waals surface area contributed by atoms with Crippen LogP contribution < -0.4 is 15.2 Å². The number of rotatable bonds is 4. The van der Waals surface area contributed by atoms with Crippen molar-refractivity contribution in [2.24, 2.45) is 5.73 Å². The van der Waals surface area contributed by atoms with Crippen molar-refractivity contribution in [3.05, 3.63) is 50.9 Å². The molecule has 0 aromatic heterocycles. The minimum atomic E-state index is -0.0443. The maximum atomic E-state index is 7.58. The third-order valence-corrected chi connectivity index (χ3v) is 3.71. The number of nitrogen functional groups attached to an aromatic ring is 1. The zero-order valence-corrected chi connectivity index (χ0v) is 13.8. The van der Waals surface area contributed by atoms with Crippen LogP contribution in [0.4, 0.5) is 0 Å². The van der Waals surface area contributed by atoms with Gasteiger partial charge in [-0.1, -0.05) is 15.9 Å². The molecule has 0 saturated heterocycles. The molecular weight excluding hydrogens is 388 g/mol. The van der Waals surface area contributed by atoms with E-state index in [1.54, 1.807) is 37.4 Å². The van der Waals surface area contributed by atoms with Gasteiger partial charge in [-0.05, 0) is 52.3 Å². The highest BCUT2D eigenvalue weighted by Crippen LogP contribution is 2.35. The molecule has 2 aromatic carbocycles. The largest absolute Gasteiger partial charge is 0.497 e. The Kier molecular flexibility index (Phi) is 4.67. The molecule has 6 heteroatoms. The topological polar surface area (TPSA) is 68.3 Å². The molecule has 104 valence electrons. The summed E-state index contributed by atoms with van der Waals surface area (Å²) in [5.41, 5.74) is 6.10. The number of benzene rings is 2. The Labute approximate surface area is 133 Å². The zero-order valence-electron chi connectivity index (χ0n) is 10.6. The number of nitrogens with two attached hydrogens (primary N) is 1. The van der Waals surface area contributed by atoms with Gasteiger partial charge < -0.3 is 15.2 Å². The summed E-state index contributed by atoms with van der Waals surface area (Å²) in [4.78, 5) is 0. The average molecular weight is 400 g/mol. The standard InChI is InChI=1S/C14H12Br2N2O2/c1-19-9-3-5-12(11(16)7-9)20-13-6-8(15)2-4-10(13)14(17)18/h2-7H,1H3,(H3,17,18). The van der Waals surface area contributed by atoms with Crippen molar-refractivity contribution in [1.82, 2.24) is 0 Å². The normalized spacial score (nSPS) is 10.2. The van der Waals surface area contributed by atoms with E-state index in [9.17, 15) is 0 Å². The molecule has 0 spiro atoms. The second-order valence-electron chi connectivity index (χ2n) is 3.95. The second kappa shape index (κ2) is 6.28. The van der Waals surface area contributed by atoms with Crippen LogP contribution in [0, 0.1) is 5.41 Å². The van der Waals surface area contributed by atoms with Gasteiger partial charge in [0.15, 0.2) is 0 Å². The number of ether oxygens (including phenoxy) is 2. The molecule has 4 nitrogen and oxygen atoms in total. The van der Waals surface area contributed by atoms with Crippen molar-refractivity contribution in [2.45, 2.75) is 0 Å². The molecule has 0 bridgehead atoms. The molecule has 2 rings (SSSR count). The second-order valence-corrected chi connectivity index (χ2v) is 5.72. The first kappa shape index (κ1) is 14.9. The fourth-order valence-electron chi connectivity index (χ4n) is 1.61. The first-order valence-corrected chi connectivity index (χ1v) is 7.25. The van der Waals surface area contributed by atoms with Gasteiger partial charge in [0, 0.05) is 4.47 Å². The van der Waals surface area contributed by atoms with Crippen molar-refractivity contribution < 1.29 is 9.47 Å². The monoisotopic (exact) mass is 398 g/mol. The molecule has 0 radical (unpaired) electrons. The van der Waals surface area contributed by atoms with Crippen molar-refractivity contribution in [3.8, 4) is 17.2 Å². The molecule has 0 saturated carbocycles. The third kappa shape index (κ3) is 3.32. The van der Waals surface area contributed by atoms with Crippen LogP contribution in [0.25, 0.3) is 0 Å². The summed E-state index contributed by atoms with van der Waals surface area (Å²) >= 11 is 6.80. The Bertz CT molecular complexity index is 660. The van der Waals surface area contributed by atoms with E-state index < -0.39 is 0 Å². The van der Waals surface area contributed by atoms with Gasteiger partial charge in [-0.2, -0.15) is 0 Å². The third-order valence-electron chi connectivity index (χ3n) is 2.59. The Morgan fingerprint density at radius 2 is 1.85 bits per heavy atom. The molecule has 2 aromatic rings. The van der Waals surface area contributed by atoms with Gasteiger partial charge in [-0.15, -0.1) is 0 Å². The minimum Gasteiger partial charge on any atom is -0.497 e. The number of hydrogen-bond donors (Lipinski definition) is 2. The van der Waals surface area contributed by atoms with Gasteiger partial charge in [0.2, 0.25) is 0 Å². The molecular formula is C14H12Br2N2O2. The smallest absolute Gasteiger partial charge is 0.141 e. The molecule has 3 N–H and O–H groups in total. The van der Waals surface area contributed by atoms with E-state index in [2.05, 4.69) is 31.9 Å². The van der Waals surface area contributed by atoms with Crippen LogP contribution in [-0.2, 0) is 0 Å². The van der Waals surface area contributed by atoms with Crippen molar-refractivity contribution in [3.63, 3.8) is 0 Å². The SMILES string of the molecule is COc1ccc(Oc2cc(Br)ccc2C(=N)N)c(Br)c1. The van der Waals surface area contributed by atoms with E-state index in [1.165, 1.54) is 0 Å². The number of hydrogen-bond acceptors (Lipinski definition) is 3. The van der Waals surface area contributed by atoms with Crippen LogP contribution in [0.1, 0.15) is 5.56 Å². The summed E-state index contributed by atoms with van der Waals surface area (Å²) in [5, 5.41) is 7.58. The van der Waals surface area contributed by atoms with E-state index >= 15 is 0 Å². The molecule has 0 amide bonds. The molecule has 0 heterocycles. The van der Waals surface area contributed by atoms with Crippen LogP contribution in [0.2, 0.25) is 0 Å². The number of methoxy groups -OCH3 is 1. The van der Waals surface area contributed by atoms with E-state index in [4.69, 9.17) is 20.6 Å². The van der Waals surface area contributed by atoms with Gasteiger partial charge in [0.1, 0.15) is 23.1 Å². The van der Waals surface area contributed by atoms with Gasteiger partial charge in [-0.25, -0.2) is 0 Å². The lowest BCUT2D eigenvalue weighted by Crippen LogP contribution is -2.12. The summed E-state index contributed by atoms with van der Waals surface area (Å²) in [6, 6.07) is 10.7. The number of amidine groups is 1. The van der Waals surface area contributed by atoms with Crippen LogP contribution in [0.3, 0.4) is 0 Å². The highest BCUT2D eigenvalue weighted by atomic mass is 79.9. The lowest BCUT2D eigenvalue weighted by Gasteiger charge is -2.12. The molecule has 0 aliphatic heterocycles. The van der Waals surface area contributed by atoms with Crippen LogP contribution in [0.5, 0.6) is 17.2 Å². The molecule has 0 atom stereocenters. The van der Waals surface area contributed by atoms with Crippen LogP contribution >= 0.6 is 31.9 Å². The Balaban J connectivity index is 2.39. The fourth-order valence-corrected chi connectivity index (χ4v) is 2.39. The van der Waals surface area contributed by atoms with E-state index in [1.807, 2.05) is 6.07 Å². The van der Waals surface area contributed by atoms with Gasteiger partial charge in [-0.3, -0.25) is 5.41 Å². The zero-order chi connectivity index (χ0) is 14.7. The van der Waals surface area contributed by atoms with Gasteiger partial charge in [0.05, 0.1) is 17.1 Å². The molecule has 0 fully saturated rings. The van der Waals surface area contributed by atoms with Crippen LogP contribution in [0.15, 0.2) is 45.3 Å². The number of nitrogens with one attached hydrogen (secondary N) is 1. The predicted octanol–water partition coefficient (Wildman–Crippen LogP) is 4.30. The number of halogens is 2. The van der Waals surface area contributed by atoms with E-state index in [0.29, 0.717) is 17.1 Å². The van der Waals surface area contributed by atoms with Crippen molar-refractivity contribution in [2.75, 3.05) is 7.11 Å². The van der Waals surface area contributed by atoms with E-state index in [0.717, 1.165) is 14.7 Å². The maximum Gasteiger partial charge on any atom is 0.141 e. The molecule has 0 aliphatic rings. The molecule has 0 unspecified atom stereocenters. The Hall–Kier alpha value is -1.53. The maximum absolute atomic E-state index is 7.58. The van der Waals surface area contributed by atoms with Gasteiger partial charge >= 0.3 is 0 Å².